The fourth-order valence-electron chi connectivity index (χ4n) is 2.06. The Kier molecular flexibility index (Phi) is 6.51. The van der Waals surface area contributed by atoms with Crippen molar-refractivity contribution in [2.75, 3.05) is 39.6 Å². The van der Waals surface area contributed by atoms with Crippen molar-refractivity contribution in [3.8, 4) is 5.75 Å². The zero-order valence-corrected chi connectivity index (χ0v) is 14.2. The predicted molar refractivity (Wildman–Crippen MR) is 93.8 cm³/mol. The van der Waals surface area contributed by atoms with Crippen LogP contribution in [0.5, 0.6) is 5.75 Å². The second-order valence-electron chi connectivity index (χ2n) is 5.57. The molecule has 2 N–H and O–H groups in total. The molecule has 1 aromatic carbocycles. The van der Waals surface area contributed by atoms with Crippen molar-refractivity contribution >= 4 is 17.4 Å². The average Bonchev–Trinajstić information content (AvgIpc) is 2.59. The molecule has 0 aliphatic heterocycles. The molecule has 0 saturated heterocycles. The molecule has 0 saturated carbocycles. The Morgan fingerprint density at radius 1 is 1.21 bits per heavy atom. The lowest BCUT2D eigenvalue weighted by Crippen LogP contribution is -2.28. The highest BCUT2D eigenvalue weighted by atomic mass is 16.5. The number of carbonyl (C=O) groups is 1. The number of hydrogen-bond donors (Lipinski definition) is 2. The molecule has 1 aromatic heterocycles. The number of anilines is 2. The molecule has 0 aliphatic carbocycles. The maximum absolute atomic E-state index is 12.0. The molecule has 7 heteroatoms. The number of hydrogen-bond acceptors (Lipinski definition) is 6. The molecular weight excluding hydrogens is 306 g/mol. The highest BCUT2D eigenvalue weighted by Crippen LogP contribution is 2.19. The number of aromatic nitrogens is 2. The van der Waals surface area contributed by atoms with Crippen LogP contribution in [-0.4, -0.2) is 55.3 Å². The van der Waals surface area contributed by atoms with Gasteiger partial charge < -0.3 is 20.3 Å². The minimum absolute atomic E-state index is 0.214. The average molecular weight is 329 g/mol. The number of nitrogens with one attached hydrogen (secondary N) is 2. The number of benzene rings is 1. The Bertz CT molecular complexity index is 658. The van der Waals surface area contributed by atoms with Crippen LogP contribution in [0.1, 0.15) is 16.9 Å². The monoisotopic (exact) mass is 329 g/mol. The summed E-state index contributed by atoms with van der Waals surface area (Å²) in [7, 11) is 5.62. The van der Waals surface area contributed by atoms with Gasteiger partial charge in [-0.3, -0.25) is 4.79 Å². The van der Waals surface area contributed by atoms with E-state index in [9.17, 15) is 4.79 Å². The smallest absolute Gasteiger partial charge is 0.271 e. The molecule has 0 spiro atoms. The van der Waals surface area contributed by atoms with Gasteiger partial charge in [0.1, 0.15) is 5.75 Å². The summed E-state index contributed by atoms with van der Waals surface area (Å²) in [5.41, 5.74) is 1.14. The summed E-state index contributed by atoms with van der Waals surface area (Å²) in [6.45, 7) is 1.54. The quantitative estimate of drug-likeness (QED) is 0.720. The molecule has 128 valence electrons. The molecule has 2 aromatic rings. The Morgan fingerprint density at radius 3 is 2.71 bits per heavy atom. The number of ether oxygens (including phenoxy) is 1. The van der Waals surface area contributed by atoms with E-state index >= 15 is 0 Å². The molecule has 0 atom stereocenters. The lowest BCUT2D eigenvalue weighted by atomic mass is 10.3. The fraction of sp³-hybridized carbons (Fsp3) is 0.353. The van der Waals surface area contributed by atoms with Crippen LogP contribution in [0, 0.1) is 0 Å². The van der Waals surface area contributed by atoms with Crippen molar-refractivity contribution in [1.29, 1.82) is 0 Å². The van der Waals surface area contributed by atoms with Gasteiger partial charge in [-0.05, 0) is 51.3 Å². The van der Waals surface area contributed by atoms with Crippen molar-refractivity contribution in [1.82, 2.24) is 20.4 Å². The highest BCUT2D eigenvalue weighted by Gasteiger charge is 2.08. The molecule has 2 rings (SSSR count). The van der Waals surface area contributed by atoms with Crippen LogP contribution in [0.25, 0.3) is 0 Å². The first-order chi connectivity index (χ1) is 11.6. The van der Waals surface area contributed by atoms with Gasteiger partial charge in [-0.2, -0.15) is 0 Å². The van der Waals surface area contributed by atoms with Crippen LogP contribution in [0.2, 0.25) is 0 Å². The van der Waals surface area contributed by atoms with Crippen molar-refractivity contribution in [2.24, 2.45) is 0 Å². The molecule has 7 nitrogen and oxygen atoms in total. The molecular formula is C17H23N5O2. The summed E-state index contributed by atoms with van der Waals surface area (Å²) in [6, 6.07) is 10.9. The molecule has 1 amide bonds. The summed E-state index contributed by atoms with van der Waals surface area (Å²) in [5, 5.41) is 14.0. The Labute approximate surface area is 142 Å². The first-order valence-corrected chi connectivity index (χ1v) is 7.76. The van der Waals surface area contributed by atoms with Crippen LogP contribution in [-0.2, 0) is 0 Å². The number of nitrogens with zero attached hydrogens (tertiary/aromatic N) is 3. The predicted octanol–water partition coefficient (Wildman–Crippen LogP) is 1.91. The third-order valence-electron chi connectivity index (χ3n) is 3.31. The molecule has 0 aliphatic rings. The van der Waals surface area contributed by atoms with Crippen molar-refractivity contribution in [2.45, 2.75) is 6.42 Å². The van der Waals surface area contributed by atoms with Gasteiger partial charge in [0.2, 0.25) is 0 Å². The zero-order chi connectivity index (χ0) is 17.4. The topological polar surface area (TPSA) is 79.4 Å². The molecule has 24 heavy (non-hydrogen) atoms. The maximum atomic E-state index is 12.0. The Morgan fingerprint density at radius 2 is 2.04 bits per heavy atom. The van der Waals surface area contributed by atoms with Gasteiger partial charge in [-0.15, -0.1) is 10.2 Å². The minimum Gasteiger partial charge on any atom is -0.497 e. The SMILES string of the molecule is COc1cccc(Nc2ccc(C(=O)NCCCN(C)C)nn2)c1. The third kappa shape index (κ3) is 5.51. The molecule has 0 unspecified atom stereocenters. The summed E-state index contributed by atoms with van der Waals surface area (Å²) in [4.78, 5) is 14.1. The summed E-state index contributed by atoms with van der Waals surface area (Å²) in [6.07, 6.45) is 0.891. The first-order valence-electron chi connectivity index (χ1n) is 7.76. The van der Waals surface area contributed by atoms with Gasteiger partial charge in [0.05, 0.1) is 7.11 Å². The van der Waals surface area contributed by atoms with Gasteiger partial charge in [-0.1, -0.05) is 6.07 Å². The van der Waals surface area contributed by atoms with E-state index in [0.717, 1.165) is 24.4 Å². The van der Waals surface area contributed by atoms with E-state index in [1.54, 1.807) is 19.2 Å². The highest BCUT2D eigenvalue weighted by molar-refractivity contribution is 5.92. The van der Waals surface area contributed by atoms with Gasteiger partial charge in [0.15, 0.2) is 11.5 Å². The van der Waals surface area contributed by atoms with Gasteiger partial charge in [0.25, 0.3) is 5.91 Å². The lowest BCUT2D eigenvalue weighted by molar-refractivity contribution is 0.0946. The van der Waals surface area contributed by atoms with Gasteiger partial charge >= 0.3 is 0 Å². The van der Waals surface area contributed by atoms with Crippen molar-refractivity contribution < 1.29 is 9.53 Å². The summed E-state index contributed by atoms with van der Waals surface area (Å²) >= 11 is 0. The Hall–Kier alpha value is -2.67. The van der Waals surface area contributed by atoms with E-state index in [1.807, 2.05) is 38.4 Å². The van der Waals surface area contributed by atoms with Gasteiger partial charge in [-0.25, -0.2) is 0 Å². The Balaban J connectivity index is 1.88. The maximum Gasteiger partial charge on any atom is 0.271 e. The normalized spacial score (nSPS) is 10.5. The van der Waals surface area contributed by atoms with E-state index < -0.39 is 0 Å². The standard InChI is InChI=1S/C17H23N5O2/c1-22(2)11-5-10-18-17(23)15-8-9-16(21-20-15)19-13-6-4-7-14(12-13)24-3/h4,6-9,12H,5,10-11H2,1-3H3,(H,18,23)(H,19,21). The minimum atomic E-state index is -0.214. The van der Waals surface area contributed by atoms with Crippen LogP contribution >= 0.6 is 0 Å². The second kappa shape index (κ2) is 8.83. The summed E-state index contributed by atoms with van der Waals surface area (Å²) < 4.78 is 5.17. The summed E-state index contributed by atoms with van der Waals surface area (Å²) in [5.74, 6) is 1.10. The van der Waals surface area contributed by atoms with Crippen LogP contribution in [0.4, 0.5) is 11.5 Å². The number of rotatable bonds is 8. The van der Waals surface area contributed by atoms with Crippen molar-refractivity contribution in [3.63, 3.8) is 0 Å². The molecule has 0 bridgehead atoms. The van der Waals surface area contributed by atoms with E-state index in [0.29, 0.717) is 18.1 Å². The lowest BCUT2D eigenvalue weighted by Gasteiger charge is -2.10. The number of methoxy groups -OCH3 is 1. The molecule has 0 radical (unpaired) electrons. The van der Waals surface area contributed by atoms with Crippen LogP contribution in [0.3, 0.4) is 0 Å². The molecule has 0 fully saturated rings. The molecule has 1 heterocycles. The largest absolute Gasteiger partial charge is 0.497 e. The zero-order valence-electron chi connectivity index (χ0n) is 14.2. The van der Waals surface area contributed by atoms with Crippen LogP contribution < -0.4 is 15.4 Å². The van der Waals surface area contributed by atoms with Gasteiger partial charge in [0, 0.05) is 18.3 Å². The van der Waals surface area contributed by atoms with E-state index in [-0.39, 0.29) is 5.91 Å². The first kappa shape index (κ1) is 17.7. The van der Waals surface area contributed by atoms with E-state index in [1.165, 1.54) is 0 Å². The van der Waals surface area contributed by atoms with Crippen LogP contribution in [0.15, 0.2) is 36.4 Å². The number of amides is 1. The second-order valence-corrected chi connectivity index (χ2v) is 5.57. The fourth-order valence-corrected chi connectivity index (χ4v) is 2.06. The van der Waals surface area contributed by atoms with E-state index in [4.69, 9.17) is 4.74 Å². The third-order valence-corrected chi connectivity index (χ3v) is 3.31. The van der Waals surface area contributed by atoms with E-state index in [2.05, 4.69) is 25.7 Å². The van der Waals surface area contributed by atoms with Crippen molar-refractivity contribution in [3.05, 3.63) is 42.1 Å². The number of carbonyl (C=O) groups excluding carboxylic acids is 1.